The molecule has 1 aliphatic carbocycles. The van der Waals surface area contributed by atoms with Crippen LogP contribution in [0.1, 0.15) is 84.2 Å². The molecule has 272 valence electrons. The van der Waals surface area contributed by atoms with Crippen LogP contribution < -0.4 is 16.0 Å². The lowest BCUT2D eigenvalue weighted by Crippen LogP contribution is -2.30. The van der Waals surface area contributed by atoms with Crippen molar-refractivity contribution < 1.29 is 23.9 Å². The van der Waals surface area contributed by atoms with Gasteiger partial charge in [-0.05, 0) is 97.5 Å². The number of carbonyl (C=O) groups excluding carboxylic acids is 4. The molecule has 3 N–H and O–H groups in total. The monoisotopic (exact) mass is 757 g/mol. The molecule has 0 fully saturated rings. The second-order valence-corrected chi connectivity index (χ2v) is 16.4. The van der Waals surface area contributed by atoms with E-state index in [2.05, 4.69) is 36.7 Å². The van der Waals surface area contributed by atoms with E-state index in [0.717, 1.165) is 34.6 Å². The van der Waals surface area contributed by atoms with Gasteiger partial charge in [0.2, 0.25) is 5.91 Å². The summed E-state index contributed by atoms with van der Waals surface area (Å²) in [5.74, 6) is -1.13. The van der Waals surface area contributed by atoms with Crippen molar-refractivity contribution in [2.75, 3.05) is 17.2 Å². The smallest absolute Gasteiger partial charge is 0.341 e. The molecule has 2 atom stereocenters. The van der Waals surface area contributed by atoms with E-state index in [1.807, 2.05) is 13.0 Å². The molecule has 4 aromatic rings. The Morgan fingerprint density at radius 2 is 1.71 bits per heavy atom. The Morgan fingerprint density at radius 3 is 2.40 bits per heavy atom. The van der Waals surface area contributed by atoms with Crippen LogP contribution in [0, 0.1) is 11.3 Å². The predicted octanol–water partition coefficient (Wildman–Crippen LogP) is 9.65. The number of anilines is 2. The van der Waals surface area contributed by atoms with Gasteiger partial charge in [-0.25, -0.2) is 4.79 Å². The lowest BCUT2D eigenvalue weighted by Gasteiger charge is -2.33. The molecule has 2 unspecified atom stereocenters. The Morgan fingerprint density at radius 1 is 0.981 bits per heavy atom. The van der Waals surface area contributed by atoms with Gasteiger partial charge in [-0.3, -0.25) is 14.4 Å². The third-order valence-electron chi connectivity index (χ3n) is 8.97. The van der Waals surface area contributed by atoms with Crippen LogP contribution in [0.25, 0.3) is 6.08 Å². The van der Waals surface area contributed by atoms with Gasteiger partial charge in [0.25, 0.3) is 11.8 Å². The van der Waals surface area contributed by atoms with E-state index in [1.54, 1.807) is 79.7 Å². The highest BCUT2D eigenvalue weighted by atomic mass is 35.5. The van der Waals surface area contributed by atoms with Crippen molar-refractivity contribution in [3.8, 4) is 0 Å². The lowest BCUT2D eigenvalue weighted by molar-refractivity contribution is -0.116. The Hall–Kier alpha value is -4.38. The van der Waals surface area contributed by atoms with E-state index in [9.17, 15) is 19.2 Å². The first-order valence-electron chi connectivity index (χ1n) is 17.4. The van der Waals surface area contributed by atoms with E-state index in [0.29, 0.717) is 44.7 Å². The minimum Gasteiger partial charge on any atom is -0.462 e. The first-order chi connectivity index (χ1) is 24.9. The Labute approximate surface area is 318 Å². The molecule has 0 spiro atoms. The van der Waals surface area contributed by atoms with Gasteiger partial charge in [-0.2, -0.15) is 0 Å². The van der Waals surface area contributed by atoms with E-state index in [1.165, 1.54) is 29.2 Å². The minimum atomic E-state index is -0.544. The fourth-order valence-corrected chi connectivity index (χ4v) is 8.57. The molecule has 0 aliphatic heterocycles. The Kier molecular flexibility index (Phi) is 13.0. The lowest BCUT2D eigenvalue weighted by atomic mass is 9.72. The number of fused-ring (bicyclic) bond motifs is 1. The highest BCUT2D eigenvalue weighted by molar-refractivity contribution is 8.00. The van der Waals surface area contributed by atoms with Gasteiger partial charge in [0.1, 0.15) is 10.7 Å². The predicted molar refractivity (Wildman–Crippen MR) is 212 cm³/mol. The second-order valence-electron chi connectivity index (χ2n) is 13.6. The zero-order valence-corrected chi connectivity index (χ0v) is 32.4. The average molecular weight is 758 g/mol. The standard InChI is InChI=1S/C41H44ClN3O5S2/c1-6-33(38(48)45-39-35(40(49)50-7-2)30-21-20-27(41(3,4)5)23-34(30)52-39)51-29-18-13-17-28(24-29)43-37(47)32(22-26-16-11-12-19-31(26)42)44-36(46)25-14-9-8-10-15-25/h8-19,22,24,27,33H,6-7,20-21,23H2,1-5H3,(H,43,47)(H,44,46)(H,45,48)/b32-22+. The third-order valence-corrected chi connectivity index (χ3v) is 11.8. The van der Waals surface area contributed by atoms with E-state index in [-0.39, 0.29) is 23.6 Å². The summed E-state index contributed by atoms with van der Waals surface area (Å²) >= 11 is 9.23. The largest absolute Gasteiger partial charge is 0.462 e. The molecule has 5 rings (SSSR count). The van der Waals surface area contributed by atoms with Gasteiger partial charge >= 0.3 is 5.97 Å². The van der Waals surface area contributed by atoms with Crippen LogP contribution in [0.2, 0.25) is 5.02 Å². The zero-order chi connectivity index (χ0) is 37.4. The molecule has 3 amide bonds. The Bertz CT molecular complexity index is 1970. The fraction of sp³-hybridized carbons (Fsp3) is 0.317. The molecule has 8 nitrogen and oxygen atoms in total. The number of hydrogen-bond acceptors (Lipinski definition) is 7. The SMILES string of the molecule is CCOC(=O)c1c(NC(=O)C(CC)Sc2cccc(NC(=O)/C(=C\c3ccccc3Cl)NC(=O)c3ccccc3)c2)sc2c1CCC(C(C)(C)C)C2. The summed E-state index contributed by atoms with van der Waals surface area (Å²) in [6, 6.07) is 22.8. The fourth-order valence-electron chi connectivity index (χ4n) is 6.05. The summed E-state index contributed by atoms with van der Waals surface area (Å²) in [5, 5.41) is 9.18. The number of thiophene rings is 1. The van der Waals surface area contributed by atoms with Crippen LogP contribution >= 0.6 is 34.7 Å². The van der Waals surface area contributed by atoms with Crippen LogP contribution in [0.4, 0.5) is 10.7 Å². The summed E-state index contributed by atoms with van der Waals surface area (Å²) in [7, 11) is 0. The number of amides is 3. The summed E-state index contributed by atoms with van der Waals surface area (Å²) in [6.07, 6.45) is 4.67. The van der Waals surface area contributed by atoms with Gasteiger partial charge in [0.05, 0.1) is 17.4 Å². The molecule has 0 saturated carbocycles. The molecule has 52 heavy (non-hydrogen) atoms. The van der Waals surface area contributed by atoms with E-state index >= 15 is 0 Å². The van der Waals surface area contributed by atoms with Gasteiger partial charge < -0.3 is 20.7 Å². The number of ether oxygens (including phenoxy) is 1. The maximum absolute atomic E-state index is 13.8. The Balaban J connectivity index is 1.33. The zero-order valence-electron chi connectivity index (χ0n) is 30.0. The maximum atomic E-state index is 13.8. The third kappa shape index (κ3) is 9.73. The average Bonchev–Trinajstić information content (AvgIpc) is 3.48. The molecule has 1 heterocycles. The van der Waals surface area contributed by atoms with Crippen molar-refractivity contribution in [2.24, 2.45) is 11.3 Å². The molecule has 3 aromatic carbocycles. The van der Waals surface area contributed by atoms with Gasteiger partial charge in [0.15, 0.2) is 0 Å². The van der Waals surface area contributed by atoms with Crippen LogP contribution in [-0.2, 0) is 27.2 Å². The van der Waals surface area contributed by atoms with Crippen molar-refractivity contribution in [3.63, 3.8) is 0 Å². The van der Waals surface area contributed by atoms with Crippen molar-refractivity contribution in [1.29, 1.82) is 0 Å². The normalized spacial score (nSPS) is 14.9. The van der Waals surface area contributed by atoms with Crippen molar-refractivity contribution in [1.82, 2.24) is 5.32 Å². The molecule has 0 bridgehead atoms. The quantitative estimate of drug-likeness (QED) is 0.0754. The van der Waals surface area contributed by atoms with Crippen LogP contribution in [0.5, 0.6) is 0 Å². The summed E-state index contributed by atoms with van der Waals surface area (Å²) in [4.78, 5) is 55.6. The molecule has 0 saturated heterocycles. The topological polar surface area (TPSA) is 114 Å². The minimum absolute atomic E-state index is 0.00990. The molecule has 11 heteroatoms. The van der Waals surface area contributed by atoms with Crippen molar-refractivity contribution in [3.05, 3.63) is 117 Å². The maximum Gasteiger partial charge on any atom is 0.341 e. The number of carbonyl (C=O) groups is 4. The summed E-state index contributed by atoms with van der Waals surface area (Å²) in [6.45, 7) is 10.7. The molecule has 0 radical (unpaired) electrons. The van der Waals surface area contributed by atoms with Gasteiger partial charge in [-0.15, -0.1) is 23.1 Å². The second kappa shape index (κ2) is 17.4. The molecular formula is C41H44ClN3O5S2. The summed E-state index contributed by atoms with van der Waals surface area (Å²) < 4.78 is 5.44. The highest BCUT2D eigenvalue weighted by Crippen LogP contribution is 2.45. The highest BCUT2D eigenvalue weighted by Gasteiger charge is 2.35. The number of thioether (sulfide) groups is 1. The first kappa shape index (κ1) is 38.8. The number of rotatable bonds is 12. The van der Waals surface area contributed by atoms with Crippen LogP contribution in [0.3, 0.4) is 0 Å². The van der Waals surface area contributed by atoms with Crippen molar-refractivity contribution in [2.45, 2.75) is 70.4 Å². The first-order valence-corrected chi connectivity index (χ1v) is 19.5. The van der Waals surface area contributed by atoms with Gasteiger partial charge in [-0.1, -0.05) is 81.8 Å². The molecule has 1 aromatic heterocycles. The van der Waals surface area contributed by atoms with E-state index < -0.39 is 23.0 Å². The number of esters is 1. The number of hydrogen-bond donors (Lipinski definition) is 3. The number of nitrogens with one attached hydrogen (secondary N) is 3. The van der Waals surface area contributed by atoms with Crippen molar-refractivity contribution >= 4 is 75.2 Å². The van der Waals surface area contributed by atoms with Crippen LogP contribution in [0.15, 0.2) is 89.5 Å². The van der Waals surface area contributed by atoms with Crippen LogP contribution in [-0.4, -0.2) is 35.5 Å². The molecular weight excluding hydrogens is 714 g/mol. The van der Waals surface area contributed by atoms with E-state index in [4.69, 9.17) is 16.3 Å². The summed E-state index contributed by atoms with van der Waals surface area (Å²) in [5.41, 5.74) is 3.06. The number of benzene rings is 3. The number of halogens is 1. The molecule has 1 aliphatic rings. The van der Waals surface area contributed by atoms with Gasteiger partial charge in [0, 0.05) is 26.0 Å².